The van der Waals surface area contributed by atoms with Crippen molar-refractivity contribution < 1.29 is 9.47 Å². The number of rotatable bonds is 3. The second kappa shape index (κ2) is 4.31. The quantitative estimate of drug-likeness (QED) is 0.743. The molecule has 0 aliphatic carbocycles. The van der Waals surface area contributed by atoms with Gasteiger partial charge in [0.2, 0.25) is 11.8 Å². The topological polar surface area (TPSA) is 31.4 Å². The minimum absolute atomic E-state index is 0.224. The summed E-state index contributed by atoms with van der Waals surface area (Å²) in [5.41, 5.74) is -0.224. The highest BCUT2D eigenvalue weighted by molar-refractivity contribution is 5.20. The Morgan fingerprint density at radius 3 is 2.43 bits per heavy atom. The molecule has 0 N–H and O–H groups in total. The minimum Gasteiger partial charge on any atom is -0.478 e. The standard InChI is InChI=1S/C11H17NO2/c1-5-13-9-7-6-8-10(12-9)14-11(2,3)4/h6-8H,5H2,1-4H3. The first-order valence-electron chi connectivity index (χ1n) is 4.80. The summed E-state index contributed by atoms with van der Waals surface area (Å²) in [7, 11) is 0. The molecule has 0 saturated heterocycles. The second-order valence-electron chi connectivity index (χ2n) is 3.96. The van der Waals surface area contributed by atoms with Crippen LogP contribution >= 0.6 is 0 Å². The number of pyridine rings is 1. The predicted octanol–water partition coefficient (Wildman–Crippen LogP) is 2.66. The van der Waals surface area contributed by atoms with Gasteiger partial charge in [0, 0.05) is 12.1 Å². The van der Waals surface area contributed by atoms with E-state index in [1.54, 1.807) is 0 Å². The van der Waals surface area contributed by atoms with E-state index in [1.807, 2.05) is 45.9 Å². The molecule has 1 heterocycles. The highest BCUT2D eigenvalue weighted by Crippen LogP contribution is 2.18. The van der Waals surface area contributed by atoms with Crippen molar-refractivity contribution in [1.29, 1.82) is 0 Å². The molecular weight excluding hydrogens is 178 g/mol. The normalized spacial score (nSPS) is 11.1. The zero-order valence-corrected chi connectivity index (χ0v) is 9.20. The molecule has 0 amide bonds. The van der Waals surface area contributed by atoms with Crippen molar-refractivity contribution in [3.05, 3.63) is 18.2 Å². The van der Waals surface area contributed by atoms with Crippen molar-refractivity contribution in [3.8, 4) is 11.8 Å². The average molecular weight is 195 g/mol. The molecule has 3 heteroatoms. The van der Waals surface area contributed by atoms with E-state index in [0.717, 1.165) is 0 Å². The minimum atomic E-state index is -0.224. The number of ether oxygens (including phenoxy) is 2. The van der Waals surface area contributed by atoms with Gasteiger partial charge in [-0.3, -0.25) is 0 Å². The highest BCUT2D eigenvalue weighted by Gasteiger charge is 2.12. The average Bonchev–Trinajstić information content (AvgIpc) is 2.02. The van der Waals surface area contributed by atoms with Gasteiger partial charge < -0.3 is 9.47 Å². The Balaban J connectivity index is 2.73. The molecule has 0 radical (unpaired) electrons. The first-order valence-corrected chi connectivity index (χ1v) is 4.80. The summed E-state index contributed by atoms with van der Waals surface area (Å²) in [5.74, 6) is 1.21. The third kappa shape index (κ3) is 3.64. The lowest BCUT2D eigenvalue weighted by molar-refractivity contribution is 0.122. The van der Waals surface area contributed by atoms with E-state index in [1.165, 1.54) is 0 Å². The molecule has 0 aliphatic rings. The van der Waals surface area contributed by atoms with Crippen LogP contribution in [0.5, 0.6) is 11.8 Å². The molecule has 3 nitrogen and oxygen atoms in total. The lowest BCUT2D eigenvalue weighted by Crippen LogP contribution is -2.23. The predicted molar refractivity (Wildman–Crippen MR) is 55.8 cm³/mol. The Bertz CT molecular complexity index is 292. The number of nitrogens with zero attached hydrogens (tertiary/aromatic N) is 1. The van der Waals surface area contributed by atoms with Gasteiger partial charge in [0.25, 0.3) is 0 Å². The molecule has 0 atom stereocenters. The molecule has 0 aromatic carbocycles. The van der Waals surface area contributed by atoms with Gasteiger partial charge in [-0.05, 0) is 27.7 Å². The summed E-state index contributed by atoms with van der Waals surface area (Å²) in [6.45, 7) is 8.51. The van der Waals surface area contributed by atoms with Crippen LogP contribution in [0.3, 0.4) is 0 Å². The maximum Gasteiger partial charge on any atom is 0.217 e. The van der Waals surface area contributed by atoms with E-state index in [4.69, 9.17) is 9.47 Å². The summed E-state index contributed by atoms with van der Waals surface area (Å²) >= 11 is 0. The molecule has 0 aliphatic heterocycles. The molecular formula is C11H17NO2. The Labute approximate surface area is 85.1 Å². The van der Waals surface area contributed by atoms with Crippen LogP contribution in [-0.4, -0.2) is 17.2 Å². The van der Waals surface area contributed by atoms with Crippen molar-refractivity contribution in [2.45, 2.75) is 33.3 Å². The first kappa shape index (κ1) is 10.8. The molecule has 0 fully saturated rings. The van der Waals surface area contributed by atoms with E-state index in [0.29, 0.717) is 18.4 Å². The van der Waals surface area contributed by atoms with E-state index in [-0.39, 0.29) is 5.60 Å². The van der Waals surface area contributed by atoms with Gasteiger partial charge in [-0.2, -0.15) is 4.98 Å². The lowest BCUT2D eigenvalue weighted by Gasteiger charge is -2.20. The van der Waals surface area contributed by atoms with E-state index < -0.39 is 0 Å². The summed E-state index contributed by atoms with van der Waals surface area (Å²) < 4.78 is 10.9. The Hall–Kier alpha value is -1.25. The molecule has 0 saturated carbocycles. The largest absolute Gasteiger partial charge is 0.478 e. The van der Waals surface area contributed by atoms with E-state index in [9.17, 15) is 0 Å². The summed E-state index contributed by atoms with van der Waals surface area (Å²) in [5, 5.41) is 0. The molecule has 1 aromatic heterocycles. The highest BCUT2D eigenvalue weighted by atomic mass is 16.5. The van der Waals surface area contributed by atoms with Gasteiger partial charge in [0.05, 0.1) is 6.61 Å². The van der Waals surface area contributed by atoms with Crippen LogP contribution in [0.4, 0.5) is 0 Å². The lowest BCUT2D eigenvalue weighted by atomic mass is 10.2. The SMILES string of the molecule is CCOc1cccc(OC(C)(C)C)n1. The van der Waals surface area contributed by atoms with Crippen molar-refractivity contribution in [1.82, 2.24) is 4.98 Å². The smallest absolute Gasteiger partial charge is 0.217 e. The number of hydrogen-bond donors (Lipinski definition) is 0. The fourth-order valence-corrected chi connectivity index (χ4v) is 0.995. The third-order valence-corrected chi connectivity index (χ3v) is 1.40. The monoisotopic (exact) mass is 195 g/mol. The zero-order valence-electron chi connectivity index (χ0n) is 9.20. The van der Waals surface area contributed by atoms with Crippen LogP contribution < -0.4 is 9.47 Å². The van der Waals surface area contributed by atoms with Gasteiger partial charge in [0.1, 0.15) is 5.60 Å². The Morgan fingerprint density at radius 2 is 1.86 bits per heavy atom. The molecule has 78 valence electrons. The fourth-order valence-electron chi connectivity index (χ4n) is 0.995. The molecule has 1 aromatic rings. The summed E-state index contributed by atoms with van der Waals surface area (Å²) in [6, 6.07) is 5.52. The molecule has 14 heavy (non-hydrogen) atoms. The van der Waals surface area contributed by atoms with Gasteiger partial charge in [-0.1, -0.05) is 6.07 Å². The van der Waals surface area contributed by atoms with Gasteiger partial charge in [0.15, 0.2) is 0 Å². The fraction of sp³-hybridized carbons (Fsp3) is 0.545. The van der Waals surface area contributed by atoms with Crippen molar-refractivity contribution in [2.24, 2.45) is 0 Å². The third-order valence-electron chi connectivity index (χ3n) is 1.40. The number of aromatic nitrogens is 1. The van der Waals surface area contributed by atoms with Gasteiger partial charge in [-0.25, -0.2) is 0 Å². The molecule has 1 rings (SSSR count). The van der Waals surface area contributed by atoms with Crippen LogP contribution in [0.2, 0.25) is 0 Å². The van der Waals surface area contributed by atoms with E-state index in [2.05, 4.69) is 4.98 Å². The van der Waals surface area contributed by atoms with Crippen LogP contribution in [0.25, 0.3) is 0 Å². The first-order chi connectivity index (χ1) is 6.51. The van der Waals surface area contributed by atoms with Crippen LogP contribution in [-0.2, 0) is 0 Å². The second-order valence-corrected chi connectivity index (χ2v) is 3.96. The van der Waals surface area contributed by atoms with Crippen LogP contribution in [0.15, 0.2) is 18.2 Å². The van der Waals surface area contributed by atoms with E-state index >= 15 is 0 Å². The van der Waals surface area contributed by atoms with Gasteiger partial charge >= 0.3 is 0 Å². The number of hydrogen-bond acceptors (Lipinski definition) is 3. The van der Waals surface area contributed by atoms with Crippen LogP contribution in [0, 0.1) is 0 Å². The maximum atomic E-state index is 5.60. The molecule has 0 bridgehead atoms. The Morgan fingerprint density at radius 1 is 1.21 bits per heavy atom. The maximum absolute atomic E-state index is 5.60. The van der Waals surface area contributed by atoms with Crippen LogP contribution in [0.1, 0.15) is 27.7 Å². The molecule has 0 spiro atoms. The summed E-state index contributed by atoms with van der Waals surface area (Å²) in [6.07, 6.45) is 0. The van der Waals surface area contributed by atoms with Crippen molar-refractivity contribution in [3.63, 3.8) is 0 Å². The van der Waals surface area contributed by atoms with Crippen molar-refractivity contribution in [2.75, 3.05) is 6.61 Å². The Kier molecular flexibility index (Phi) is 3.33. The summed E-state index contributed by atoms with van der Waals surface area (Å²) in [4.78, 5) is 4.20. The van der Waals surface area contributed by atoms with Crippen molar-refractivity contribution >= 4 is 0 Å². The van der Waals surface area contributed by atoms with Gasteiger partial charge in [-0.15, -0.1) is 0 Å². The molecule has 0 unspecified atom stereocenters. The zero-order chi connectivity index (χ0) is 10.6.